The highest BCUT2D eigenvalue weighted by atomic mass is 16.5. The minimum atomic E-state index is -0.562. The summed E-state index contributed by atoms with van der Waals surface area (Å²) in [6.45, 7) is 0.354. The van der Waals surface area contributed by atoms with E-state index in [2.05, 4.69) is 5.32 Å². The molecule has 1 saturated carbocycles. The number of nitrogens with one attached hydrogen (secondary N) is 1. The summed E-state index contributed by atoms with van der Waals surface area (Å²) in [6, 6.07) is 6.48. The summed E-state index contributed by atoms with van der Waals surface area (Å²) in [7, 11) is 0. The first-order valence-corrected chi connectivity index (χ1v) is 7.98. The summed E-state index contributed by atoms with van der Waals surface area (Å²) in [5, 5.41) is 2.51. The molecular weight excluding hydrogens is 280 g/mol. The Morgan fingerprint density at radius 2 is 1.64 bits per heavy atom. The first-order valence-electron chi connectivity index (χ1n) is 7.98. The van der Waals surface area contributed by atoms with Crippen molar-refractivity contribution in [3.63, 3.8) is 0 Å². The van der Waals surface area contributed by atoms with Crippen LogP contribution in [0.5, 0.6) is 0 Å². The van der Waals surface area contributed by atoms with Crippen LogP contribution < -0.4 is 11.1 Å². The van der Waals surface area contributed by atoms with E-state index in [0.717, 1.165) is 31.2 Å². The Bertz CT molecular complexity index is 491. The predicted octanol–water partition coefficient (Wildman–Crippen LogP) is 3.12. The van der Waals surface area contributed by atoms with E-state index >= 15 is 0 Å². The van der Waals surface area contributed by atoms with E-state index < -0.39 is 6.03 Å². The SMILES string of the molecule is NC(=O)NCc1ccc(C(=O)OC2CCCCCCC2)cc1. The molecule has 2 rings (SSSR count). The van der Waals surface area contributed by atoms with Gasteiger partial charge < -0.3 is 15.8 Å². The second-order valence-corrected chi connectivity index (χ2v) is 5.79. The lowest BCUT2D eigenvalue weighted by Gasteiger charge is -2.20. The lowest BCUT2D eigenvalue weighted by molar-refractivity contribution is 0.0239. The molecule has 2 amide bonds. The van der Waals surface area contributed by atoms with Gasteiger partial charge in [0.1, 0.15) is 6.10 Å². The van der Waals surface area contributed by atoms with Gasteiger partial charge in [0.05, 0.1) is 5.56 Å². The quantitative estimate of drug-likeness (QED) is 0.838. The van der Waals surface area contributed by atoms with Gasteiger partial charge in [-0.05, 0) is 43.4 Å². The summed E-state index contributed by atoms with van der Waals surface area (Å²) in [5.41, 5.74) is 6.46. The summed E-state index contributed by atoms with van der Waals surface area (Å²) < 4.78 is 5.62. The lowest BCUT2D eigenvalue weighted by atomic mass is 9.98. The molecule has 1 fully saturated rings. The highest BCUT2D eigenvalue weighted by Gasteiger charge is 2.17. The first-order chi connectivity index (χ1) is 10.6. The molecule has 0 atom stereocenters. The highest BCUT2D eigenvalue weighted by molar-refractivity contribution is 5.89. The zero-order chi connectivity index (χ0) is 15.8. The monoisotopic (exact) mass is 304 g/mol. The third-order valence-electron chi connectivity index (χ3n) is 3.98. The molecule has 0 heterocycles. The van der Waals surface area contributed by atoms with Crippen molar-refractivity contribution in [1.82, 2.24) is 5.32 Å². The number of carbonyl (C=O) groups excluding carboxylic acids is 2. The van der Waals surface area contributed by atoms with E-state index in [1.807, 2.05) is 0 Å². The molecule has 1 aromatic carbocycles. The van der Waals surface area contributed by atoms with Crippen molar-refractivity contribution < 1.29 is 14.3 Å². The zero-order valence-electron chi connectivity index (χ0n) is 12.8. The number of amides is 2. The molecule has 1 aromatic rings. The Balaban J connectivity index is 1.87. The van der Waals surface area contributed by atoms with Crippen LogP contribution in [0.15, 0.2) is 24.3 Å². The standard InChI is InChI=1S/C17H24N2O3/c18-17(21)19-12-13-8-10-14(11-9-13)16(20)22-15-6-4-2-1-3-5-7-15/h8-11,15H,1-7,12H2,(H3,18,19,21). The van der Waals surface area contributed by atoms with Gasteiger partial charge >= 0.3 is 12.0 Å². The van der Waals surface area contributed by atoms with Crippen LogP contribution in [-0.4, -0.2) is 18.1 Å². The Hall–Kier alpha value is -2.04. The van der Waals surface area contributed by atoms with Crippen molar-refractivity contribution in [2.75, 3.05) is 0 Å². The molecule has 3 N–H and O–H groups in total. The fourth-order valence-electron chi connectivity index (χ4n) is 2.70. The predicted molar refractivity (Wildman–Crippen MR) is 84.4 cm³/mol. The van der Waals surface area contributed by atoms with Crippen molar-refractivity contribution in [2.24, 2.45) is 5.73 Å². The Morgan fingerprint density at radius 3 is 2.23 bits per heavy atom. The fraction of sp³-hybridized carbons (Fsp3) is 0.529. The number of hydrogen-bond donors (Lipinski definition) is 2. The summed E-state index contributed by atoms with van der Waals surface area (Å²) in [6.07, 6.45) is 8.00. The molecule has 5 nitrogen and oxygen atoms in total. The zero-order valence-corrected chi connectivity index (χ0v) is 12.8. The molecule has 0 bridgehead atoms. The molecule has 0 radical (unpaired) electrons. The van der Waals surface area contributed by atoms with Gasteiger partial charge in [0, 0.05) is 6.54 Å². The van der Waals surface area contributed by atoms with Crippen LogP contribution in [0.2, 0.25) is 0 Å². The number of hydrogen-bond acceptors (Lipinski definition) is 3. The molecule has 0 spiro atoms. The minimum absolute atomic E-state index is 0.0454. The summed E-state index contributed by atoms with van der Waals surface area (Å²) in [5.74, 6) is -0.264. The molecular formula is C17H24N2O3. The fourth-order valence-corrected chi connectivity index (χ4v) is 2.70. The van der Waals surface area contributed by atoms with E-state index in [4.69, 9.17) is 10.5 Å². The van der Waals surface area contributed by atoms with Crippen LogP contribution in [0, 0.1) is 0 Å². The summed E-state index contributed by atoms with van der Waals surface area (Å²) in [4.78, 5) is 22.8. The number of esters is 1. The van der Waals surface area contributed by atoms with Crippen LogP contribution in [-0.2, 0) is 11.3 Å². The molecule has 0 unspecified atom stereocenters. The smallest absolute Gasteiger partial charge is 0.338 e. The van der Waals surface area contributed by atoms with Crippen LogP contribution >= 0.6 is 0 Å². The van der Waals surface area contributed by atoms with Crippen molar-refractivity contribution in [2.45, 2.75) is 57.6 Å². The molecule has 0 saturated heterocycles. The highest BCUT2D eigenvalue weighted by Crippen LogP contribution is 2.20. The summed E-state index contributed by atoms with van der Waals surface area (Å²) >= 11 is 0. The van der Waals surface area contributed by atoms with Gasteiger partial charge in [0.25, 0.3) is 0 Å². The van der Waals surface area contributed by atoms with Crippen LogP contribution in [0.3, 0.4) is 0 Å². The molecule has 22 heavy (non-hydrogen) atoms. The van der Waals surface area contributed by atoms with E-state index in [1.54, 1.807) is 24.3 Å². The minimum Gasteiger partial charge on any atom is -0.459 e. The first kappa shape index (κ1) is 16.3. The average molecular weight is 304 g/mol. The third kappa shape index (κ3) is 5.39. The van der Waals surface area contributed by atoms with Gasteiger partial charge in [-0.3, -0.25) is 0 Å². The Kier molecular flexibility index (Phi) is 6.25. The van der Waals surface area contributed by atoms with E-state index in [9.17, 15) is 9.59 Å². The lowest BCUT2D eigenvalue weighted by Crippen LogP contribution is -2.28. The molecule has 0 aromatic heterocycles. The van der Waals surface area contributed by atoms with Crippen LogP contribution in [0.4, 0.5) is 4.79 Å². The molecule has 1 aliphatic carbocycles. The number of nitrogens with two attached hydrogens (primary N) is 1. The Morgan fingerprint density at radius 1 is 1.05 bits per heavy atom. The number of rotatable bonds is 4. The van der Waals surface area contributed by atoms with Crippen LogP contribution in [0.25, 0.3) is 0 Å². The van der Waals surface area contributed by atoms with Crippen molar-refractivity contribution in [1.29, 1.82) is 0 Å². The maximum atomic E-state index is 12.2. The maximum Gasteiger partial charge on any atom is 0.338 e. The van der Waals surface area contributed by atoms with Crippen molar-refractivity contribution in [3.05, 3.63) is 35.4 Å². The molecule has 0 aliphatic heterocycles. The third-order valence-corrected chi connectivity index (χ3v) is 3.98. The normalized spacial score (nSPS) is 16.4. The van der Waals surface area contributed by atoms with Gasteiger partial charge in [-0.15, -0.1) is 0 Å². The second-order valence-electron chi connectivity index (χ2n) is 5.79. The average Bonchev–Trinajstić information content (AvgIpc) is 2.48. The largest absolute Gasteiger partial charge is 0.459 e. The van der Waals surface area contributed by atoms with E-state index in [-0.39, 0.29) is 12.1 Å². The number of ether oxygens (including phenoxy) is 1. The van der Waals surface area contributed by atoms with Gasteiger partial charge in [-0.25, -0.2) is 9.59 Å². The van der Waals surface area contributed by atoms with Gasteiger partial charge in [-0.1, -0.05) is 31.4 Å². The number of primary amides is 1. The van der Waals surface area contributed by atoms with E-state index in [1.165, 1.54) is 19.3 Å². The maximum absolute atomic E-state index is 12.2. The topological polar surface area (TPSA) is 81.4 Å². The second kappa shape index (κ2) is 8.41. The van der Waals surface area contributed by atoms with Gasteiger partial charge in [-0.2, -0.15) is 0 Å². The van der Waals surface area contributed by atoms with Crippen molar-refractivity contribution >= 4 is 12.0 Å². The van der Waals surface area contributed by atoms with E-state index in [0.29, 0.717) is 12.1 Å². The molecule has 120 valence electrons. The number of benzene rings is 1. The van der Waals surface area contributed by atoms with Gasteiger partial charge in [0.2, 0.25) is 0 Å². The number of urea groups is 1. The molecule has 5 heteroatoms. The van der Waals surface area contributed by atoms with Crippen LogP contribution in [0.1, 0.15) is 60.9 Å². The van der Waals surface area contributed by atoms with Crippen molar-refractivity contribution in [3.8, 4) is 0 Å². The number of carbonyl (C=O) groups is 2. The molecule has 1 aliphatic rings. The van der Waals surface area contributed by atoms with Gasteiger partial charge in [0.15, 0.2) is 0 Å². The Labute approximate surface area is 131 Å².